The summed E-state index contributed by atoms with van der Waals surface area (Å²) < 4.78 is 24.7. The number of nitrogens with zero attached hydrogens (tertiary/aromatic N) is 2. The van der Waals surface area contributed by atoms with Gasteiger partial charge in [-0.05, 0) is 39.3 Å². The van der Waals surface area contributed by atoms with Crippen molar-refractivity contribution in [3.63, 3.8) is 0 Å². The van der Waals surface area contributed by atoms with E-state index in [-0.39, 0.29) is 11.9 Å². The maximum Gasteiger partial charge on any atom is 0.216 e. The van der Waals surface area contributed by atoms with Crippen LogP contribution in [0.2, 0.25) is 0 Å². The summed E-state index contributed by atoms with van der Waals surface area (Å²) in [7, 11) is 0. The Morgan fingerprint density at radius 1 is 1.31 bits per heavy atom. The number of rotatable bonds is 8. The lowest BCUT2D eigenvalue weighted by molar-refractivity contribution is 0.198. The van der Waals surface area contributed by atoms with Crippen LogP contribution in [0.15, 0.2) is 33.7 Å². The summed E-state index contributed by atoms with van der Waals surface area (Å²) in [5, 5.41) is 6.43. The number of hydrogen-bond donors (Lipinski definition) is 2. The first kappa shape index (κ1) is 19.8. The smallest absolute Gasteiger partial charge is 0.216 e. The standard InChI is InChI=1S/C19H27FN4O2/c1-5-16(26-17-9-7-8-15(20)10-17)11-22-19(21-6-2)23-12-18-24-13(3)14(4)25-18/h7-10,16H,5-6,11-12H2,1-4H3,(H2,21,22,23). The molecule has 0 saturated carbocycles. The first-order chi connectivity index (χ1) is 12.5. The second kappa shape index (κ2) is 9.79. The van der Waals surface area contributed by atoms with Crippen molar-refractivity contribution in [1.29, 1.82) is 0 Å². The third-order valence-electron chi connectivity index (χ3n) is 3.84. The Morgan fingerprint density at radius 3 is 2.73 bits per heavy atom. The van der Waals surface area contributed by atoms with Crippen LogP contribution in [0.25, 0.3) is 0 Å². The minimum atomic E-state index is -0.309. The van der Waals surface area contributed by atoms with E-state index in [9.17, 15) is 4.39 Å². The highest BCUT2D eigenvalue weighted by Crippen LogP contribution is 2.14. The van der Waals surface area contributed by atoms with E-state index in [0.717, 1.165) is 24.4 Å². The molecule has 1 unspecified atom stereocenters. The molecule has 7 heteroatoms. The Bertz CT molecular complexity index is 711. The molecule has 2 rings (SSSR count). The average molecular weight is 362 g/mol. The van der Waals surface area contributed by atoms with Crippen LogP contribution in [0, 0.1) is 19.7 Å². The van der Waals surface area contributed by atoms with Crippen molar-refractivity contribution in [2.24, 2.45) is 4.99 Å². The van der Waals surface area contributed by atoms with Crippen molar-refractivity contribution in [3.05, 3.63) is 47.4 Å². The van der Waals surface area contributed by atoms with Crippen molar-refractivity contribution >= 4 is 5.96 Å². The van der Waals surface area contributed by atoms with Gasteiger partial charge in [0, 0.05) is 12.6 Å². The van der Waals surface area contributed by atoms with Crippen LogP contribution in [-0.4, -0.2) is 30.1 Å². The minimum absolute atomic E-state index is 0.105. The number of aryl methyl sites for hydroxylation is 2. The van der Waals surface area contributed by atoms with E-state index in [4.69, 9.17) is 9.15 Å². The normalized spacial score (nSPS) is 12.7. The van der Waals surface area contributed by atoms with Gasteiger partial charge in [0.15, 0.2) is 5.96 Å². The first-order valence-electron chi connectivity index (χ1n) is 8.89. The molecule has 142 valence electrons. The fourth-order valence-electron chi connectivity index (χ4n) is 2.31. The van der Waals surface area contributed by atoms with Gasteiger partial charge in [0.05, 0.1) is 12.2 Å². The molecule has 1 heterocycles. The Hall–Kier alpha value is -2.57. The average Bonchev–Trinajstić information content (AvgIpc) is 2.94. The van der Waals surface area contributed by atoms with Crippen molar-refractivity contribution in [2.75, 3.05) is 13.1 Å². The molecule has 1 aromatic carbocycles. The van der Waals surface area contributed by atoms with Gasteiger partial charge in [-0.3, -0.25) is 0 Å². The predicted octanol–water partition coefficient (Wildman–Crippen LogP) is 3.34. The topological polar surface area (TPSA) is 71.7 Å². The van der Waals surface area contributed by atoms with Crippen LogP contribution < -0.4 is 15.4 Å². The number of benzene rings is 1. The molecular formula is C19H27FN4O2. The molecule has 0 aliphatic rings. The van der Waals surface area contributed by atoms with E-state index in [0.29, 0.717) is 30.7 Å². The van der Waals surface area contributed by atoms with Crippen LogP contribution in [-0.2, 0) is 6.54 Å². The number of aliphatic imine (C=N–C) groups is 1. The molecule has 0 bridgehead atoms. The molecule has 0 amide bonds. The fourth-order valence-corrected chi connectivity index (χ4v) is 2.31. The summed E-state index contributed by atoms with van der Waals surface area (Å²) in [5.74, 6) is 2.26. The quantitative estimate of drug-likeness (QED) is 0.557. The predicted molar refractivity (Wildman–Crippen MR) is 99.9 cm³/mol. The second-order valence-corrected chi connectivity index (χ2v) is 5.93. The summed E-state index contributed by atoms with van der Waals surface area (Å²) in [6.45, 7) is 9.44. The molecular weight excluding hydrogens is 335 g/mol. The summed E-state index contributed by atoms with van der Waals surface area (Å²) in [6, 6.07) is 6.16. The van der Waals surface area contributed by atoms with Crippen molar-refractivity contribution in [1.82, 2.24) is 15.6 Å². The van der Waals surface area contributed by atoms with Gasteiger partial charge >= 0.3 is 0 Å². The molecule has 2 N–H and O–H groups in total. The zero-order valence-electron chi connectivity index (χ0n) is 15.8. The second-order valence-electron chi connectivity index (χ2n) is 5.93. The van der Waals surface area contributed by atoms with Crippen LogP contribution in [0.5, 0.6) is 5.75 Å². The van der Waals surface area contributed by atoms with Crippen LogP contribution in [0.3, 0.4) is 0 Å². The van der Waals surface area contributed by atoms with Gasteiger partial charge in [0.25, 0.3) is 0 Å². The molecule has 0 spiro atoms. The number of guanidine groups is 1. The van der Waals surface area contributed by atoms with Crippen molar-refractivity contribution in [3.8, 4) is 5.75 Å². The van der Waals surface area contributed by atoms with E-state index in [1.807, 2.05) is 27.7 Å². The summed E-state index contributed by atoms with van der Waals surface area (Å²) in [6.07, 6.45) is 0.674. The molecule has 1 aromatic heterocycles. The summed E-state index contributed by atoms with van der Waals surface area (Å²) in [4.78, 5) is 8.82. The minimum Gasteiger partial charge on any atom is -0.489 e. The Morgan fingerprint density at radius 2 is 2.12 bits per heavy atom. The maximum atomic E-state index is 13.3. The third-order valence-corrected chi connectivity index (χ3v) is 3.84. The highest BCUT2D eigenvalue weighted by atomic mass is 19.1. The van der Waals surface area contributed by atoms with Gasteiger partial charge in [0.2, 0.25) is 5.89 Å². The van der Waals surface area contributed by atoms with Gasteiger partial charge < -0.3 is 19.8 Å². The largest absolute Gasteiger partial charge is 0.489 e. The van der Waals surface area contributed by atoms with Gasteiger partial charge in [-0.25, -0.2) is 14.4 Å². The number of oxazole rings is 1. The summed E-state index contributed by atoms with van der Waals surface area (Å²) in [5.41, 5.74) is 0.878. The lowest BCUT2D eigenvalue weighted by atomic mass is 10.2. The molecule has 0 fully saturated rings. The Kier molecular flexibility index (Phi) is 7.44. The van der Waals surface area contributed by atoms with E-state index < -0.39 is 0 Å². The van der Waals surface area contributed by atoms with E-state index in [1.54, 1.807) is 12.1 Å². The number of halogens is 1. The van der Waals surface area contributed by atoms with E-state index >= 15 is 0 Å². The molecule has 0 aliphatic heterocycles. The monoisotopic (exact) mass is 362 g/mol. The number of aromatic nitrogens is 1. The Labute approximate surface area is 153 Å². The lowest BCUT2D eigenvalue weighted by Gasteiger charge is -2.20. The molecule has 0 saturated heterocycles. The highest BCUT2D eigenvalue weighted by molar-refractivity contribution is 5.79. The van der Waals surface area contributed by atoms with Crippen LogP contribution >= 0.6 is 0 Å². The maximum absolute atomic E-state index is 13.3. The number of ether oxygens (including phenoxy) is 1. The third kappa shape index (κ3) is 6.06. The highest BCUT2D eigenvalue weighted by Gasteiger charge is 2.11. The number of hydrogen-bond acceptors (Lipinski definition) is 4. The zero-order valence-corrected chi connectivity index (χ0v) is 15.8. The molecule has 2 aromatic rings. The van der Waals surface area contributed by atoms with E-state index in [2.05, 4.69) is 20.6 Å². The van der Waals surface area contributed by atoms with Crippen LogP contribution in [0.4, 0.5) is 4.39 Å². The molecule has 26 heavy (non-hydrogen) atoms. The Balaban J connectivity index is 1.93. The summed E-state index contributed by atoms with van der Waals surface area (Å²) >= 11 is 0. The van der Waals surface area contributed by atoms with Crippen LogP contribution in [0.1, 0.15) is 37.6 Å². The van der Waals surface area contributed by atoms with Crippen molar-refractivity contribution in [2.45, 2.75) is 46.8 Å². The fraction of sp³-hybridized carbons (Fsp3) is 0.474. The molecule has 6 nitrogen and oxygen atoms in total. The van der Waals surface area contributed by atoms with Gasteiger partial charge in [0.1, 0.15) is 30.0 Å². The van der Waals surface area contributed by atoms with Crippen molar-refractivity contribution < 1.29 is 13.5 Å². The van der Waals surface area contributed by atoms with Gasteiger partial charge in [-0.15, -0.1) is 0 Å². The molecule has 0 aliphatic carbocycles. The lowest BCUT2D eigenvalue weighted by Crippen LogP contribution is -2.42. The SMILES string of the molecule is CCNC(=NCc1nc(C)c(C)o1)NCC(CC)Oc1cccc(F)c1. The number of nitrogens with one attached hydrogen (secondary N) is 2. The first-order valence-corrected chi connectivity index (χ1v) is 8.89. The van der Waals surface area contributed by atoms with E-state index in [1.165, 1.54) is 12.1 Å². The van der Waals surface area contributed by atoms with Gasteiger partial charge in [-0.1, -0.05) is 13.0 Å². The van der Waals surface area contributed by atoms with Gasteiger partial charge in [-0.2, -0.15) is 0 Å². The zero-order chi connectivity index (χ0) is 18.9. The molecule has 0 radical (unpaired) electrons. The molecule has 1 atom stereocenters.